The molecular formula is C20H24N6. The van der Waals surface area contributed by atoms with Crippen molar-refractivity contribution in [1.29, 1.82) is 0 Å². The van der Waals surface area contributed by atoms with Crippen LogP contribution in [0.15, 0.2) is 36.4 Å². The van der Waals surface area contributed by atoms with Gasteiger partial charge < -0.3 is 9.47 Å². The molecule has 134 valence electrons. The molecule has 0 saturated heterocycles. The third kappa shape index (κ3) is 2.97. The predicted octanol–water partition coefficient (Wildman–Crippen LogP) is 3.01. The monoisotopic (exact) mass is 348 g/mol. The van der Waals surface area contributed by atoms with Gasteiger partial charge in [0.15, 0.2) is 0 Å². The summed E-state index contributed by atoms with van der Waals surface area (Å²) in [6.07, 6.45) is 0. The lowest BCUT2D eigenvalue weighted by molar-refractivity contribution is 0.382. The summed E-state index contributed by atoms with van der Waals surface area (Å²) < 4.78 is 4.25. The number of likely N-dealkylation sites (N-methyl/N-ethyl adjacent to an activating group) is 1. The van der Waals surface area contributed by atoms with Gasteiger partial charge in [-0.2, -0.15) is 0 Å². The Labute approximate surface area is 153 Å². The van der Waals surface area contributed by atoms with Crippen LogP contribution < -0.4 is 0 Å². The van der Waals surface area contributed by atoms with Crippen LogP contribution in [0.3, 0.4) is 0 Å². The molecule has 0 radical (unpaired) electrons. The van der Waals surface area contributed by atoms with Gasteiger partial charge >= 0.3 is 0 Å². The second-order valence-corrected chi connectivity index (χ2v) is 7.14. The first-order valence-electron chi connectivity index (χ1n) is 8.92. The minimum atomic E-state index is 0.612. The lowest BCUT2D eigenvalue weighted by Gasteiger charge is -2.14. The minimum Gasteiger partial charge on any atom is -0.325 e. The highest BCUT2D eigenvalue weighted by Crippen LogP contribution is 2.22. The Bertz CT molecular complexity index is 1070. The molecule has 26 heavy (non-hydrogen) atoms. The molecule has 4 aromatic rings. The van der Waals surface area contributed by atoms with Crippen LogP contribution in [0.1, 0.15) is 17.0 Å². The normalized spacial score (nSPS) is 11.9. The molecule has 6 nitrogen and oxygen atoms in total. The summed E-state index contributed by atoms with van der Waals surface area (Å²) in [6.45, 7) is 6.76. The van der Waals surface area contributed by atoms with Gasteiger partial charge in [0.1, 0.15) is 17.9 Å². The van der Waals surface area contributed by atoms with E-state index in [4.69, 9.17) is 4.98 Å². The van der Waals surface area contributed by atoms with Gasteiger partial charge in [0, 0.05) is 13.1 Å². The molecule has 0 unspecified atom stereocenters. The Hall–Kier alpha value is -2.73. The first kappa shape index (κ1) is 16.7. The van der Waals surface area contributed by atoms with E-state index in [1.807, 2.05) is 22.9 Å². The first-order valence-corrected chi connectivity index (χ1v) is 8.92. The van der Waals surface area contributed by atoms with Crippen molar-refractivity contribution in [3.63, 3.8) is 0 Å². The van der Waals surface area contributed by atoms with Crippen molar-refractivity contribution in [2.75, 3.05) is 20.6 Å². The zero-order valence-corrected chi connectivity index (χ0v) is 15.8. The van der Waals surface area contributed by atoms with Crippen LogP contribution in [-0.2, 0) is 13.1 Å². The number of fused-ring (bicyclic) bond motifs is 2. The van der Waals surface area contributed by atoms with E-state index in [0.717, 1.165) is 35.5 Å². The van der Waals surface area contributed by atoms with E-state index >= 15 is 0 Å². The molecule has 2 aromatic carbocycles. The fourth-order valence-electron chi connectivity index (χ4n) is 3.27. The highest BCUT2D eigenvalue weighted by molar-refractivity contribution is 5.78. The van der Waals surface area contributed by atoms with Crippen LogP contribution in [0.25, 0.3) is 22.1 Å². The highest BCUT2D eigenvalue weighted by Gasteiger charge is 2.14. The van der Waals surface area contributed by atoms with Crippen LogP contribution in [0, 0.1) is 13.8 Å². The van der Waals surface area contributed by atoms with Crippen molar-refractivity contribution in [2.45, 2.75) is 26.9 Å². The summed E-state index contributed by atoms with van der Waals surface area (Å²) in [5.74, 6) is 1.02. The number of imidazole rings is 1. The molecule has 0 aliphatic carbocycles. The maximum Gasteiger partial charge on any atom is 0.131 e. The largest absolute Gasteiger partial charge is 0.325 e. The smallest absolute Gasteiger partial charge is 0.131 e. The van der Waals surface area contributed by atoms with E-state index in [0.29, 0.717) is 6.54 Å². The maximum atomic E-state index is 4.93. The average Bonchev–Trinajstić information content (AvgIpc) is 3.15. The topological polar surface area (TPSA) is 51.8 Å². The van der Waals surface area contributed by atoms with Crippen LogP contribution in [0.5, 0.6) is 0 Å². The van der Waals surface area contributed by atoms with Gasteiger partial charge in [-0.1, -0.05) is 17.3 Å². The van der Waals surface area contributed by atoms with E-state index in [9.17, 15) is 0 Å². The van der Waals surface area contributed by atoms with Crippen molar-refractivity contribution in [2.24, 2.45) is 0 Å². The number of nitrogens with zero attached hydrogens (tertiary/aromatic N) is 6. The minimum absolute atomic E-state index is 0.612. The summed E-state index contributed by atoms with van der Waals surface area (Å²) in [6, 6.07) is 12.5. The van der Waals surface area contributed by atoms with Crippen molar-refractivity contribution in [3.8, 4) is 0 Å². The van der Waals surface area contributed by atoms with Crippen molar-refractivity contribution in [1.82, 2.24) is 29.4 Å². The lowest BCUT2D eigenvalue weighted by atomic mass is 10.1. The third-order valence-electron chi connectivity index (χ3n) is 4.93. The summed E-state index contributed by atoms with van der Waals surface area (Å²) >= 11 is 0. The van der Waals surface area contributed by atoms with Crippen LogP contribution in [0.2, 0.25) is 0 Å². The summed E-state index contributed by atoms with van der Waals surface area (Å²) in [5, 5.41) is 8.60. The standard InChI is InChI=1S/C20H24N6/c1-14-11-17-19(12-15(14)2)25(10-9-24(3)4)20(21-17)13-26-18-8-6-5-7-16(18)22-23-26/h5-8,11-12H,9-10,13H2,1-4H3. The molecule has 0 atom stereocenters. The Morgan fingerprint density at radius 3 is 2.54 bits per heavy atom. The van der Waals surface area contributed by atoms with Crippen LogP contribution >= 0.6 is 0 Å². The molecule has 6 heteroatoms. The van der Waals surface area contributed by atoms with E-state index in [1.54, 1.807) is 0 Å². The molecule has 0 saturated carbocycles. The van der Waals surface area contributed by atoms with Gasteiger partial charge in [-0.15, -0.1) is 5.10 Å². The van der Waals surface area contributed by atoms with E-state index in [2.05, 4.69) is 65.9 Å². The van der Waals surface area contributed by atoms with Crippen molar-refractivity contribution < 1.29 is 0 Å². The Kier molecular flexibility index (Phi) is 4.20. The number of benzene rings is 2. The Morgan fingerprint density at radius 1 is 0.962 bits per heavy atom. The number of aromatic nitrogens is 5. The van der Waals surface area contributed by atoms with Gasteiger partial charge in [-0.25, -0.2) is 9.67 Å². The molecule has 0 amide bonds. The SMILES string of the molecule is Cc1cc2nc(Cn3nnc4ccccc43)n(CCN(C)C)c2cc1C. The first-order chi connectivity index (χ1) is 12.5. The zero-order valence-electron chi connectivity index (χ0n) is 15.8. The average molecular weight is 348 g/mol. The van der Waals surface area contributed by atoms with Gasteiger partial charge in [-0.3, -0.25) is 0 Å². The van der Waals surface area contributed by atoms with Crippen molar-refractivity contribution in [3.05, 3.63) is 53.3 Å². The molecule has 4 rings (SSSR count). The number of hydrogen-bond donors (Lipinski definition) is 0. The Balaban J connectivity index is 1.81. The maximum absolute atomic E-state index is 4.93. The second-order valence-electron chi connectivity index (χ2n) is 7.14. The quantitative estimate of drug-likeness (QED) is 0.556. The molecule has 2 aromatic heterocycles. The molecule has 0 fully saturated rings. The molecule has 0 bridgehead atoms. The summed E-state index contributed by atoms with van der Waals surface area (Å²) in [7, 11) is 4.19. The fraction of sp³-hybridized carbons (Fsp3) is 0.350. The molecular weight excluding hydrogens is 324 g/mol. The molecule has 2 heterocycles. The van der Waals surface area contributed by atoms with E-state index in [-0.39, 0.29) is 0 Å². The summed E-state index contributed by atoms with van der Waals surface area (Å²) in [5.41, 5.74) is 6.75. The number of para-hydroxylation sites is 1. The molecule has 0 spiro atoms. The Morgan fingerprint density at radius 2 is 1.73 bits per heavy atom. The third-order valence-corrected chi connectivity index (χ3v) is 4.93. The van der Waals surface area contributed by atoms with Gasteiger partial charge in [0.05, 0.1) is 16.6 Å². The van der Waals surface area contributed by atoms with Gasteiger partial charge in [0.25, 0.3) is 0 Å². The molecule has 0 aliphatic rings. The van der Waals surface area contributed by atoms with Crippen LogP contribution in [0.4, 0.5) is 0 Å². The fourth-order valence-corrected chi connectivity index (χ4v) is 3.27. The number of rotatable bonds is 5. The van der Waals surface area contributed by atoms with E-state index in [1.165, 1.54) is 16.6 Å². The van der Waals surface area contributed by atoms with Crippen molar-refractivity contribution >= 4 is 22.1 Å². The number of hydrogen-bond acceptors (Lipinski definition) is 4. The summed E-state index contributed by atoms with van der Waals surface area (Å²) in [4.78, 5) is 7.13. The molecule has 0 aliphatic heterocycles. The number of aryl methyl sites for hydroxylation is 2. The molecule has 0 N–H and O–H groups in total. The van der Waals surface area contributed by atoms with Gasteiger partial charge in [-0.05, 0) is 63.3 Å². The van der Waals surface area contributed by atoms with Crippen LogP contribution in [-0.4, -0.2) is 50.1 Å². The highest BCUT2D eigenvalue weighted by atomic mass is 15.4. The predicted molar refractivity (Wildman–Crippen MR) is 104 cm³/mol. The zero-order chi connectivity index (χ0) is 18.3. The second kappa shape index (κ2) is 6.53. The van der Waals surface area contributed by atoms with Gasteiger partial charge in [0.2, 0.25) is 0 Å². The lowest BCUT2D eigenvalue weighted by Crippen LogP contribution is -2.20. The van der Waals surface area contributed by atoms with E-state index < -0.39 is 0 Å².